The molecule has 2 aromatic carbocycles. The number of benzene rings is 2. The van der Waals surface area contributed by atoms with Crippen LogP contribution in [0.3, 0.4) is 0 Å². The van der Waals surface area contributed by atoms with Gasteiger partial charge in [0.05, 0.1) is 17.8 Å². The summed E-state index contributed by atoms with van der Waals surface area (Å²) in [4.78, 5) is 29.8. The van der Waals surface area contributed by atoms with Gasteiger partial charge in [0.1, 0.15) is 64.3 Å². The van der Waals surface area contributed by atoms with Crippen molar-refractivity contribution in [2.45, 2.75) is 139 Å². The highest BCUT2D eigenvalue weighted by Crippen LogP contribution is 2.62. The van der Waals surface area contributed by atoms with Crippen molar-refractivity contribution in [2.75, 3.05) is 26.2 Å². The summed E-state index contributed by atoms with van der Waals surface area (Å²) >= 11 is 0. The summed E-state index contributed by atoms with van der Waals surface area (Å²) in [7, 11) is 0. The second-order valence-electron chi connectivity index (χ2n) is 22.7. The molecule has 15 heteroatoms. The maximum atomic E-state index is 15.3. The molecule has 1 aromatic heterocycles. The van der Waals surface area contributed by atoms with E-state index in [0.717, 1.165) is 61.1 Å². The summed E-state index contributed by atoms with van der Waals surface area (Å²) in [6.45, 7) is 6.98. The summed E-state index contributed by atoms with van der Waals surface area (Å²) in [5.74, 6) is -2.77. The number of esters is 1. The van der Waals surface area contributed by atoms with Crippen LogP contribution in [0.5, 0.6) is 17.2 Å². The van der Waals surface area contributed by atoms with Gasteiger partial charge in [0.25, 0.3) is 0 Å². The van der Waals surface area contributed by atoms with Crippen LogP contribution in [-0.4, -0.2) is 87.3 Å². The number of hydrogen-bond donors (Lipinski definition) is 10. The van der Waals surface area contributed by atoms with Crippen molar-refractivity contribution in [2.24, 2.45) is 28.9 Å². The van der Waals surface area contributed by atoms with Crippen LogP contribution in [0.25, 0.3) is 11.0 Å². The first-order valence-electron chi connectivity index (χ1n) is 26.6. The number of dihydropyridines is 2. The van der Waals surface area contributed by atoms with Crippen molar-refractivity contribution in [3.05, 3.63) is 132 Å². The summed E-state index contributed by atoms with van der Waals surface area (Å²) in [6.07, 6.45) is 15.7. The van der Waals surface area contributed by atoms with Crippen molar-refractivity contribution >= 4 is 16.9 Å². The highest BCUT2D eigenvalue weighted by atomic mass is 16.6. The number of carbonyl (C=O) groups is 1. The van der Waals surface area contributed by atoms with E-state index in [0.29, 0.717) is 62.0 Å². The number of phenolic OH excluding ortho intramolecular Hbond substituents is 2. The van der Waals surface area contributed by atoms with E-state index in [1.807, 2.05) is 13.0 Å². The largest absolute Gasteiger partial charge is 0.508 e. The molecule has 1 saturated heterocycles. The number of rotatable bonds is 5. The van der Waals surface area contributed by atoms with Gasteiger partial charge < -0.3 is 61.1 Å². The summed E-state index contributed by atoms with van der Waals surface area (Å²) in [6, 6.07) is 6.65. The lowest BCUT2D eigenvalue weighted by Crippen LogP contribution is -2.59. The van der Waals surface area contributed by atoms with Crippen LogP contribution in [0.2, 0.25) is 0 Å². The number of nitrogens with one attached hydrogen (secondary N) is 4. The van der Waals surface area contributed by atoms with Crippen molar-refractivity contribution in [3.63, 3.8) is 0 Å². The zero-order chi connectivity index (χ0) is 50.7. The molecule has 1 unspecified atom stereocenters. The van der Waals surface area contributed by atoms with Gasteiger partial charge in [0, 0.05) is 60.2 Å². The third-order valence-corrected chi connectivity index (χ3v) is 18.9. The van der Waals surface area contributed by atoms with Gasteiger partial charge >= 0.3 is 5.97 Å². The smallest absolute Gasteiger partial charge is 0.337 e. The molecule has 3 fully saturated rings. The van der Waals surface area contributed by atoms with Gasteiger partial charge in [0.15, 0.2) is 5.43 Å². The molecule has 12 rings (SSSR count). The molecule has 4 bridgehead atoms. The van der Waals surface area contributed by atoms with Crippen molar-refractivity contribution in [1.29, 1.82) is 0 Å². The molecule has 6 aliphatic heterocycles. The van der Waals surface area contributed by atoms with E-state index in [1.54, 1.807) is 25.1 Å². The highest BCUT2D eigenvalue weighted by molar-refractivity contribution is 5.93. The number of aryl methyl sites for hydroxylation is 1. The third-order valence-electron chi connectivity index (χ3n) is 18.9. The number of fused-ring (bicyclic) bond motifs is 10. The Kier molecular flexibility index (Phi) is 11.8. The van der Waals surface area contributed by atoms with E-state index < -0.39 is 65.4 Å². The summed E-state index contributed by atoms with van der Waals surface area (Å²) < 4.78 is 21.4. The number of aliphatic hydroxyl groups is 3. The Morgan fingerprint density at radius 1 is 1.05 bits per heavy atom. The van der Waals surface area contributed by atoms with E-state index in [2.05, 4.69) is 52.6 Å². The zero-order valence-electron chi connectivity index (χ0n) is 42.0. The van der Waals surface area contributed by atoms with Gasteiger partial charge in [-0.15, -0.1) is 0 Å². The first kappa shape index (κ1) is 48.1. The molecule has 11 N–H and O–H groups in total. The molecule has 3 aromatic rings. The molecule has 15 nitrogen and oxygen atoms in total. The molecule has 2 saturated carbocycles. The molecule has 9 aliphatic rings. The Bertz CT molecular complexity index is 3070. The molecule has 10 atom stereocenters. The first-order chi connectivity index (χ1) is 35.2. The molecular weight excluding hydrogens is 927 g/mol. The van der Waals surface area contributed by atoms with Crippen molar-refractivity contribution < 1.29 is 44.2 Å². The van der Waals surface area contributed by atoms with Gasteiger partial charge in [0.2, 0.25) is 0 Å². The molecule has 0 amide bonds. The van der Waals surface area contributed by atoms with Gasteiger partial charge in [-0.2, -0.15) is 0 Å². The minimum absolute atomic E-state index is 0.00328. The second-order valence-corrected chi connectivity index (χ2v) is 22.7. The van der Waals surface area contributed by atoms with Crippen LogP contribution in [0, 0.1) is 23.2 Å². The third kappa shape index (κ3) is 7.61. The maximum Gasteiger partial charge on any atom is 0.337 e. The lowest BCUT2D eigenvalue weighted by molar-refractivity contribution is -0.171. The Morgan fingerprint density at radius 3 is 2.66 bits per heavy atom. The fourth-order valence-electron chi connectivity index (χ4n) is 15.4. The Balaban J connectivity index is 1.13. The van der Waals surface area contributed by atoms with E-state index >= 15 is 4.79 Å². The van der Waals surface area contributed by atoms with E-state index in [4.69, 9.17) is 19.6 Å². The highest BCUT2D eigenvalue weighted by Gasteiger charge is 2.59. The molecule has 0 radical (unpaired) electrons. The number of piperidine rings is 1. The number of aromatic hydroxyl groups is 2. The Hall–Kier alpha value is -5.84. The van der Waals surface area contributed by atoms with Crippen LogP contribution in [0.1, 0.15) is 118 Å². The fraction of sp³-hybridized carbons (Fsp3) is 0.517. The van der Waals surface area contributed by atoms with Crippen LogP contribution < -0.4 is 37.2 Å². The number of nitrogens with two attached hydrogens (primary N) is 1. The lowest BCUT2D eigenvalue weighted by atomic mass is 9.61. The quantitative estimate of drug-likeness (QED) is 0.108. The second kappa shape index (κ2) is 17.9. The van der Waals surface area contributed by atoms with E-state index in [9.17, 15) is 30.3 Å². The maximum absolute atomic E-state index is 15.3. The molecule has 3 aliphatic carbocycles. The minimum atomic E-state index is -1.42. The van der Waals surface area contributed by atoms with E-state index in [1.165, 1.54) is 17.2 Å². The van der Waals surface area contributed by atoms with E-state index in [-0.39, 0.29) is 75.2 Å². The molecule has 73 heavy (non-hydrogen) atoms. The fourth-order valence-corrected chi connectivity index (χ4v) is 15.4. The molecule has 1 spiro atoms. The number of carbonyl (C=O) groups excluding carboxylic acids is 1. The number of phenols is 2. The summed E-state index contributed by atoms with van der Waals surface area (Å²) in [5.41, 5.74) is 11.6. The van der Waals surface area contributed by atoms with Crippen LogP contribution in [0.4, 0.5) is 0 Å². The van der Waals surface area contributed by atoms with Crippen LogP contribution >= 0.6 is 0 Å². The monoisotopic (exact) mass is 996 g/mol. The minimum Gasteiger partial charge on any atom is -0.508 e. The van der Waals surface area contributed by atoms with Gasteiger partial charge in [-0.25, -0.2) is 4.79 Å². The zero-order valence-corrected chi connectivity index (χ0v) is 42.0. The van der Waals surface area contributed by atoms with Gasteiger partial charge in [-0.05, 0) is 166 Å². The number of hydrogen-bond acceptors (Lipinski definition) is 15. The number of allylic oxidation sites excluding steroid dienone is 5. The first-order valence-corrected chi connectivity index (χ1v) is 26.6. The van der Waals surface area contributed by atoms with Gasteiger partial charge in [-0.3, -0.25) is 10.1 Å². The van der Waals surface area contributed by atoms with Crippen molar-refractivity contribution in [1.82, 2.24) is 21.3 Å². The Morgan fingerprint density at radius 2 is 1.88 bits per heavy atom. The average Bonchev–Trinajstić information content (AvgIpc) is 3.58. The average molecular weight is 996 g/mol. The van der Waals surface area contributed by atoms with Crippen molar-refractivity contribution in [3.8, 4) is 17.2 Å². The van der Waals surface area contributed by atoms with Crippen LogP contribution in [0.15, 0.2) is 103 Å². The number of ether oxygens (including phenoxy) is 2. The normalized spacial score (nSPS) is 33.2. The van der Waals surface area contributed by atoms with Crippen LogP contribution in [-0.2, 0) is 29.0 Å². The topological polar surface area (TPSA) is 241 Å². The SMILES string of the molecule is C/C=C(\C(=O)O[C@@H]1Cc2c3c(c4oc(CO)cc(=O)c4c2O)[C@@H]2C4=CCNC(N)=C4[C@H](CCc4ccc(O)cc4[C@H]2CO)[C@H]2CCC4=C5C=C[C@@H](C)NC5NC=C4C[C@@H]2[C@]1(C)O3)[C@@]1(O)CCC2(CCNCC2)C1. The standard InChI is InChI=1S/C58H69N5O10/c1-4-42(58(70)15-14-57(28-58)16-19-60-20-17-57)55(69)72-45-24-40-50(68)48-44(67)23-33(26-64)71-52(48)49-46-38-13-18-61-53(59)47(38)36(10-7-30-6-8-32(66)22-39(30)41(46)27-65)35-12-11-34-31(21-43(35)56(45,3)73-51(40)49)25-62-54-37(34)9-5-29(2)63-54/h4-6,8-9,13,22-23,25,29,35-36,41,43,45-46,54,60-66,68,70H,7,10-12,14-21,24,26-28,59H2,1-3H3/b42-4+/t29-,35-,36-,41-,43+,45-,46-,54?,56+,58-/m1/s1. The Labute approximate surface area is 425 Å². The van der Waals surface area contributed by atoms with Gasteiger partial charge in [-0.1, -0.05) is 30.4 Å². The molecule has 7 heterocycles. The predicted molar refractivity (Wildman–Crippen MR) is 274 cm³/mol. The number of aliphatic hydroxyl groups excluding tert-OH is 2. The molecule has 386 valence electrons. The summed E-state index contributed by atoms with van der Waals surface area (Å²) in [5, 5.41) is 73.2. The predicted octanol–water partition coefficient (Wildman–Crippen LogP) is 5.74. The lowest BCUT2D eigenvalue weighted by Gasteiger charge is -2.52. The molecular formula is C58H69N5O10.